The fourth-order valence-corrected chi connectivity index (χ4v) is 3.70. The zero-order valence-electron chi connectivity index (χ0n) is 16.5. The van der Waals surface area contributed by atoms with Gasteiger partial charge < -0.3 is 14.2 Å². The van der Waals surface area contributed by atoms with E-state index in [2.05, 4.69) is 10.3 Å². The van der Waals surface area contributed by atoms with Gasteiger partial charge in [-0.3, -0.25) is 10.1 Å². The second-order valence-electron chi connectivity index (χ2n) is 6.39. The third kappa shape index (κ3) is 4.99. The van der Waals surface area contributed by atoms with Gasteiger partial charge >= 0.3 is 5.97 Å². The van der Waals surface area contributed by atoms with Crippen molar-refractivity contribution < 1.29 is 23.8 Å². The summed E-state index contributed by atoms with van der Waals surface area (Å²) in [6, 6.07) is 21.2. The molecule has 8 heteroatoms. The lowest BCUT2D eigenvalue weighted by Gasteiger charge is -2.10. The third-order valence-electron chi connectivity index (χ3n) is 4.25. The van der Waals surface area contributed by atoms with Crippen molar-refractivity contribution in [3.8, 4) is 17.2 Å². The van der Waals surface area contributed by atoms with Gasteiger partial charge in [-0.15, -0.1) is 0 Å². The molecule has 0 saturated carbocycles. The lowest BCUT2D eigenvalue weighted by molar-refractivity contribution is -0.119. The highest BCUT2D eigenvalue weighted by atomic mass is 32.1. The molecular formula is C23H18N2O5S. The van der Waals surface area contributed by atoms with Gasteiger partial charge in [0.2, 0.25) is 0 Å². The molecule has 1 heterocycles. The number of thiazole rings is 1. The molecule has 0 spiro atoms. The number of rotatable bonds is 7. The first-order valence-electron chi connectivity index (χ1n) is 9.36. The van der Waals surface area contributed by atoms with Crippen LogP contribution < -0.4 is 14.8 Å². The number of ether oxygens (including phenoxy) is 3. The Morgan fingerprint density at radius 2 is 1.74 bits per heavy atom. The Kier molecular flexibility index (Phi) is 6.09. The number of methoxy groups -OCH3 is 1. The monoisotopic (exact) mass is 434 g/mol. The van der Waals surface area contributed by atoms with Crippen LogP contribution in [0.5, 0.6) is 17.2 Å². The number of benzene rings is 3. The van der Waals surface area contributed by atoms with Crippen molar-refractivity contribution in [2.24, 2.45) is 0 Å². The molecule has 0 aliphatic heterocycles. The Balaban J connectivity index is 1.38. The minimum absolute atomic E-state index is 0.228. The quantitative estimate of drug-likeness (QED) is 0.417. The van der Waals surface area contributed by atoms with E-state index in [9.17, 15) is 9.59 Å². The van der Waals surface area contributed by atoms with Gasteiger partial charge in [-0.1, -0.05) is 41.7 Å². The summed E-state index contributed by atoms with van der Waals surface area (Å²) in [4.78, 5) is 29.1. The smallest absolute Gasteiger partial charge is 0.342 e. The van der Waals surface area contributed by atoms with Crippen LogP contribution in [0, 0.1) is 0 Å². The van der Waals surface area contributed by atoms with E-state index in [0.717, 1.165) is 10.2 Å². The highest BCUT2D eigenvalue weighted by molar-refractivity contribution is 7.22. The summed E-state index contributed by atoms with van der Waals surface area (Å²) in [5, 5.41) is 3.06. The van der Waals surface area contributed by atoms with Crippen LogP contribution in [0.4, 0.5) is 5.13 Å². The minimum atomic E-state index is -0.657. The molecule has 0 fully saturated rings. The number of fused-ring (bicyclic) bond motifs is 1. The number of carbonyl (C=O) groups is 2. The molecule has 0 saturated heterocycles. The molecule has 1 N–H and O–H groups in total. The van der Waals surface area contributed by atoms with Crippen LogP contribution in [0.15, 0.2) is 72.8 Å². The van der Waals surface area contributed by atoms with E-state index in [-0.39, 0.29) is 5.56 Å². The van der Waals surface area contributed by atoms with Crippen LogP contribution in [-0.4, -0.2) is 30.6 Å². The van der Waals surface area contributed by atoms with Gasteiger partial charge in [0.15, 0.2) is 11.7 Å². The SMILES string of the molecule is COc1ccc2nc(NC(=O)COC(=O)c3ccccc3Oc3ccccc3)sc2c1. The summed E-state index contributed by atoms with van der Waals surface area (Å²) in [7, 11) is 1.59. The molecule has 1 aromatic heterocycles. The van der Waals surface area contributed by atoms with E-state index >= 15 is 0 Å². The molecule has 7 nitrogen and oxygen atoms in total. The van der Waals surface area contributed by atoms with E-state index in [4.69, 9.17) is 14.2 Å². The molecule has 0 aliphatic rings. The number of hydrogen-bond donors (Lipinski definition) is 1. The molecule has 0 aliphatic carbocycles. The van der Waals surface area contributed by atoms with Gasteiger partial charge in [-0.25, -0.2) is 9.78 Å². The number of hydrogen-bond acceptors (Lipinski definition) is 7. The molecule has 0 radical (unpaired) electrons. The van der Waals surface area contributed by atoms with Crippen molar-refractivity contribution >= 4 is 38.6 Å². The number of para-hydroxylation sites is 2. The lowest BCUT2D eigenvalue weighted by atomic mass is 10.2. The number of esters is 1. The molecule has 4 rings (SSSR count). The summed E-state index contributed by atoms with van der Waals surface area (Å²) in [5.74, 6) is 0.503. The Bertz CT molecular complexity index is 1220. The van der Waals surface area contributed by atoms with E-state index in [1.807, 2.05) is 30.3 Å². The first-order valence-corrected chi connectivity index (χ1v) is 10.2. The molecule has 4 aromatic rings. The molecule has 1 amide bonds. The zero-order chi connectivity index (χ0) is 21.6. The maximum absolute atomic E-state index is 12.5. The third-order valence-corrected chi connectivity index (χ3v) is 5.19. The van der Waals surface area contributed by atoms with Crippen molar-refractivity contribution in [2.45, 2.75) is 0 Å². The zero-order valence-corrected chi connectivity index (χ0v) is 17.3. The van der Waals surface area contributed by atoms with E-state index in [1.54, 1.807) is 49.6 Å². The minimum Gasteiger partial charge on any atom is -0.497 e. The first kappa shape index (κ1) is 20.4. The number of anilines is 1. The van der Waals surface area contributed by atoms with Crippen molar-refractivity contribution in [1.29, 1.82) is 0 Å². The summed E-state index contributed by atoms with van der Waals surface area (Å²) >= 11 is 1.31. The number of amides is 1. The average Bonchev–Trinajstić information content (AvgIpc) is 3.19. The van der Waals surface area contributed by atoms with E-state index < -0.39 is 18.5 Å². The fourth-order valence-electron chi connectivity index (χ4n) is 2.79. The second kappa shape index (κ2) is 9.27. The van der Waals surface area contributed by atoms with Gasteiger partial charge in [0.05, 0.1) is 17.3 Å². The van der Waals surface area contributed by atoms with Crippen molar-refractivity contribution in [3.63, 3.8) is 0 Å². The number of nitrogens with one attached hydrogen (secondary N) is 1. The van der Waals surface area contributed by atoms with Crippen LogP contribution in [-0.2, 0) is 9.53 Å². The molecule has 156 valence electrons. The highest BCUT2D eigenvalue weighted by Gasteiger charge is 2.16. The lowest BCUT2D eigenvalue weighted by Crippen LogP contribution is -2.21. The number of nitrogens with zero attached hydrogens (tertiary/aromatic N) is 1. The summed E-state index contributed by atoms with van der Waals surface area (Å²) in [6.45, 7) is -0.447. The Morgan fingerprint density at radius 3 is 2.55 bits per heavy atom. The molecule has 0 bridgehead atoms. The second-order valence-corrected chi connectivity index (χ2v) is 7.42. The highest BCUT2D eigenvalue weighted by Crippen LogP contribution is 2.29. The Hall–Kier alpha value is -3.91. The van der Waals surface area contributed by atoms with Crippen LogP contribution in [0.1, 0.15) is 10.4 Å². The molecule has 3 aromatic carbocycles. The topological polar surface area (TPSA) is 86.8 Å². The largest absolute Gasteiger partial charge is 0.497 e. The van der Waals surface area contributed by atoms with Crippen molar-refractivity contribution in [1.82, 2.24) is 4.98 Å². The average molecular weight is 434 g/mol. The Labute approximate surface area is 182 Å². The van der Waals surface area contributed by atoms with Crippen molar-refractivity contribution in [2.75, 3.05) is 19.0 Å². The van der Waals surface area contributed by atoms with Crippen molar-refractivity contribution in [3.05, 3.63) is 78.4 Å². The number of aromatic nitrogens is 1. The van der Waals surface area contributed by atoms with Gasteiger partial charge in [0.1, 0.15) is 22.8 Å². The van der Waals surface area contributed by atoms with Gasteiger partial charge in [-0.05, 0) is 42.5 Å². The molecular weight excluding hydrogens is 416 g/mol. The van der Waals surface area contributed by atoms with Crippen LogP contribution in [0.3, 0.4) is 0 Å². The van der Waals surface area contributed by atoms with Gasteiger partial charge in [-0.2, -0.15) is 0 Å². The van der Waals surface area contributed by atoms with Crippen LogP contribution >= 0.6 is 11.3 Å². The van der Waals surface area contributed by atoms with E-state index in [0.29, 0.717) is 22.4 Å². The number of carbonyl (C=O) groups excluding carboxylic acids is 2. The predicted octanol–water partition coefficient (Wildman–Crippen LogP) is 4.89. The maximum atomic E-state index is 12.5. The standard InChI is InChI=1S/C23H18N2O5S/c1-28-16-11-12-18-20(13-16)31-23(24-18)25-21(26)14-29-22(27)17-9-5-6-10-19(17)30-15-7-3-2-4-8-15/h2-13H,14H2,1H3,(H,24,25,26). The maximum Gasteiger partial charge on any atom is 0.342 e. The molecule has 0 atom stereocenters. The van der Waals surface area contributed by atoms with Crippen LogP contribution in [0.25, 0.3) is 10.2 Å². The normalized spacial score (nSPS) is 10.5. The molecule has 31 heavy (non-hydrogen) atoms. The van der Waals surface area contributed by atoms with E-state index in [1.165, 1.54) is 11.3 Å². The summed E-state index contributed by atoms with van der Waals surface area (Å²) in [5.41, 5.74) is 0.969. The fraction of sp³-hybridized carbons (Fsp3) is 0.0870. The predicted molar refractivity (Wildman–Crippen MR) is 118 cm³/mol. The first-order chi connectivity index (χ1) is 15.1. The molecule has 0 unspecified atom stereocenters. The summed E-state index contributed by atoms with van der Waals surface area (Å²) in [6.07, 6.45) is 0. The summed E-state index contributed by atoms with van der Waals surface area (Å²) < 4.78 is 17.0. The van der Waals surface area contributed by atoms with Crippen LogP contribution in [0.2, 0.25) is 0 Å². The van der Waals surface area contributed by atoms with Gasteiger partial charge in [0.25, 0.3) is 5.91 Å². The van der Waals surface area contributed by atoms with Gasteiger partial charge in [0, 0.05) is 0 Å². The Morgan fingerprint density at radius 1 is 0.968 bits per heavy atom.